The summed E-state index contributed by atoms with van der Waals surface area (Å²) in [6.45, 7) is 0. The van der Waals surface area contributed by atoms with E-state index in [4.69, 9.17) is 16.6 Å². The summed E-state index contributed by atoms with van der Waals surface area (Å²) >= 11 is 5.45. The van der Waals surface area contributed by atoms with Crippen LogP contribution in [0.5, 0.6) is 11.5 Å². The van der Waals surface area contributed by atoms with Gasteiger partial charge in [-0.25, -0.2) is 0 Å². The van der Waals surface area contributed by atoms with Crippen LogP contribution in [-0.4, -0.2) is 10.2 Å². The minimum atomic E-state index is 0.142. The Hall–Kier alpha value is -2.33. The van der Waals surface area contributed by atoms with Gasteiger partial charge in [-0.3, -0.25) is 0 Å². The maximum Gasteiger partial charge on any atom is 0.138 e. The molecule has 94 valence electrons. The molecule has 4 heteroatoms. The van der Waals surface area contributed by atoms with Crippen LogP contribution in [0.25, 0.3) is 22.1 Å². The highest BCUT2D eigenvalue weighted by Gasteiger charge is 2.06. The van der Waals surface area contributed by atoms with Crippen LogP contribution in [0, 0.1) is 4.51 Å². The molecule has 0 unspecified atom stereocenters. The number of benzene rings is 2. The Morgan fingerprint density at radius 3 is 2.32 bits per heavy atom. The number of phenols is 2. The van der Waals surface area contributed by atoms with E-state index < -0.39 is 0 Å². The van der Waals surface area contributed by atoms with Crippen LogP contribution >= 0.6 is 12.2 Å². The Balaban J connectivity index is 2.26. The number of phenolic OH excluding ortho intramolecular Hbond substituents is 2. The largest absolute Gasteiger partial charge is 0.508 e. The molecule has 19 heavy (non-hydrogen) atoms. The van der Waals surface area contributed by atoms with Crippen molar-refractivity contribution in [3.8, 4) is 22.6 Å². The van der Waals surface area contributed by atoms with Gasteiger partial charge in [0, 0.05) is 17.0 Å². The Kier molecular flexibility index (Phi) is 2.72. The summed E-state index contributed by atoms with van der Waals surface area (Å²) < 4.78 is 6.16. The number of aromatic hydroxyl groups is 2. The van der Waals surface area contributed by atoms with E-state index in [9.17, 15) is 10.2 Å². The molecule has 3 rings (SSSR count). The molecular weight excluding hydrogens is 260 g/mol. The lowest BCUT2D eigenvalue weighted by molar-refractivity contribution is 0.473. The van der Waals surface area contributed by atoms with Crippen LogP contribution in [0.15, 0.2) is 53.1 Å². The number of hydrogen-bond donors (Lipinski definition) is 2. The van der Waals surface area contributed by atoms with E-state index in [1.807, 2.05) is 0 Å². The molecule has 0 aliphatic rings. The van der Waals surface area contributed by atoms with Crippen molar-refractivity contribution in [3.05, 3.63) is 53.2 Å². The summed E-state index contributed by atoms with van der Waals surface area (Å²) in [4.78, 5) is 0. The third-order valence-electron chi connectivity index (χ3n) is 2.94. The zero-order valence-electron chi connectivity index (χ0n) is 9.83. The molecule has 0 saturated heterocycles. The second-order valence-electron chi connectivity index (χ2n) is 4.21. The molecule has 0 aliphatic heterocycles. The molecule has 0 fully saturated rings. The average molecular weight is 270 g/mol. The van der Waals surface area contributed by atoms with Gasteiger partial charge in [-0.15, -0.1) is 0 Å². The normalized spacial score (nSPS) is 10.7. The van der Waals surface area contributed by atoms with Crippen LogP contribution in [0.3, 0.4) is 0 Å². The van der Waals surface area contributed by atoms with Gasteiger partial charge in [-0.05, 0) is 29.8 Å². The minimum Gasteiger partial charge on any atom is -0.508 e. The second kappa shape index (κ2) is 4.40. The molecule has 0 amide bonds. The molecule has 2 N–H and O–H groups in total. The van der Waals surface area contributed by atoms with Crippen molar-refractivity contribution in [3.63, 3.8) is 0 Å². The predicted octanol–water partition coefficient (Wildman–Crippen LogP) is 4.24. The van der Waals surface area contributed by atoms with Crippen molar-refractivity contribution in [2.75, 3.05) is 0 Å². The van der Waals surface area contributed by atoms with E-state index in [1.165, 1.54) is 6.07 Å². The van der Waals surface area contributed by atoms with Crippen LogP contribution in [0.2, 0.25) is 0 Å². The first kappa shape index (κ1) is 11.7. The van der Waals surface area contributed by atoms with Gasteiger partial charge in [-0.2, -0.15) is 0 Å². The molecule has 0 saturated carbocycles. The van der Waals surface area contributed by atoms with Gasteiger partial charge in [0.2, 0.25) is 0 Å². The highest BCUT2D eigenvalue weighted by Crippen LogP contribution is 2.29. The topological polar surface area (TPSA) is 53.6 Å². The Morgan fingerprint density at radius 1 is 0.895 bits per heavy atom. The highest BCUT2D eigenvalue weighted by atomic mass is 32.1. The third kappa shape index (κ3) is 2.06. The van der Waals surface area contributed by atoms with E-state index in [0.29, 0.717) is 10.1 Å². The van der Waals surface area contributed by atoms with Crippen LogP contribution in [0.1, 0.15) is 0 Å². The highest BCUT2D eigenvalue weighted by molar-refractivity contribution is 7.71. The van der Waals surface area contributed by atoms with Gasteiger partial charge in [0.15, 0.2) is 0 Å². The van der Waals surface area contributed by atoms with Crippen molar-refractivity contribution < 1.29 is 14.6 Å². The lowest BCUT2D eigenvalue weighted by Gasteiger charge is -2.05. The maximum absolute atomic E-state index is 9.42. The summed E-state index contributed by atoms with van der Waals surface area (Å²) in [5, 5.41) is 19.5. The van der Waals surface area contributed by atoms with E-state index in [1.54, 1.807) is 42.7 Å². The summed E-state index contributed by atoms with van der Waals surface area (Å²) in [5.74, 6) is 0.348. The fourth-order valence-electron chi connectivity index (χ4n) is 1.96. The molecule has 0 atom stereocenters. The standard InChI is InChI=1S/C15H10O3S/c16-10-3-1-9(2-4-10)13-8-18-14-7-11(17)5-6-12(14)15(13)19/h1-8,16-17H. The first-order valence-electron chi connectivity index (χ1n) is 5.69. The molecule has 1 heterocycles. The number of fused-ring (bicyclic) bond motifs is 1. The first-order chi connectivity index (χ1) is 9.15. The van der Waals surface area contributed by atoms with E-state index >= 15 is 0 Å². The van der Waals surface area contributed by atoms with Gasteiger partial charge in [-0.1, -0.05) is 24.4 Å². The minimum absolute atomic E-state index is 0.142. The Bertz CT molecular complexity index is 804. The van der Waals surface area contributed by atoms with E-state index in [-0.39, 0.29) is 11.5 Å². The van der Waals surface area contributed by atoms with Gasteiger partial charge >= 0.3 is 0 Å². The van der Waals surface area contributed by atoms with Gasteiger partial charge < -0.3 is 14.6 Å². The Morgan fingerprint density at radius 2 is 1.58 bits per heavy atom. The van der Waals surface area contributed by atoms with Gasteiger partial charge in [0.1, 0.15) is 23.3 Å². The van der Waals surface area contributed by atoms with Crippen molar-refractivity contribution >= 4 is 23.2 Å². The van der Waals surface area contributed by atoms with Crippen molar-refractivity contribution in [2.24, 2.45) is 0 Å². The quantitative estimate of drug-likeness (QED) is 0.649. The van der Waals surface area contributed by atoms with E-state index in [2.05, 4.69) is 0 Å². The van der Waals surface area contributed by atoms with Crippen molar-refractivity contribution in [1.82, 2.24) is 0 Å². The smallest absolute Gasteiger partial charge is 0.138 e. The fraction of sp³-hybridized carbons (Fsp3) is 0. The Labute approximate surface area is 114 Å². The lowest BCUT2D eigenvalue weighted by atomic mass is 10.1. The fourth-order valence-corrected chi connectivity index (χ4v) is 2.29. The van der Waals surface area contributed by atoms with Gasteiger partial charge in [0.05, 0.1) is 4.51 Å². The molecule has 2 aromatic carbocycles. The van der Waals surface area contributed by atoms with Gasteiger partial charge in [0.25, 0.3) is 0 Å². The average Bonchev–Trinajstić information content (AvgIpc) is 2.40. The molecule has 0 radical (unpaired) electrons. The van der Waals surface area contributed by atoms with Crippen LogP contribution in [0.4, 0.5) is 0 Å². The monoisotopic (exact) mass is 270 g/mol. The molecule has 3 nitrogen and oxygen atoms in total. The van der Waals surface area contributed by atoms with Crippen molar-refractivity contribution in [1.29, 1.82) is 0 Å². The summed E-state index contributed by atoms with van der Waals surface area (Å²) in [7, 11) is 0. The SMILES string of the molecule is Oc1ccc(-c2coc3cc(O)ccc3c2=S)cc1. The molecular formula is C15H10O3S. The third-order valence-corrected chi connectivity index (χ3v) is 3.38. The van der Waals surface area contributed by atoms with E-state index in [0.717, 1.165) is 16.5 Å². The summed E-state index contributed by atoms with van der Waals surface area (Å²) in [6.07, 6.45) is 1.57. The number of rotatable bonds is 1. The zero-order chi connectivity index (χ0) is 13.4. The zero-order valence-corrected chi connectivity index (χ0v) is 10.6. The second-order valence-corrected chi connectivity index (χ2v) is 4.61. The summed E-state index contributed by atoms with van der Waals surface area (Å²) in [5.41, 5.74) is 2.21. The maximum atomic E-state index is 9.42. The molecule has 3 aromatic rings. The lowest BCUT2D eigenvalue weighted by Crippen LogP contribution is -1.82. The molecule has 1 aromatic heterocycles. The first-order valence-corrected chi connectivity index (χ1v) is 6.10. The molecule has 0 bridgehead atoms. The summed E-state index contributed by atoms with van der Waals surface area (Å²) in [6, 6.07) is 11.6. The number of hydrogen-bond acceptors (Lipinski definition) is 4. The molecule has 0 spiro atoms. The predicted molar refractivity (Wildman–Crippen MR) is 75.8 cm³/mol. The van der Waals surface area contributed by atoms with Crippen LogP contribution in [-0.2, 0) is 0 Å². The van der Waals surface area contributed by atoms with Crippen molar-refractivity contribution in [2.45, 2.75) is 0 Å². The van der Waals surface area contributed by atoms with Crippen LogP contribution < -0.4 is 0 Å². The molecule has 0 aliphatic carbocycles.